The molecule has 0 saturated carbocycles. The van der Waals surface area contributed by atoms with Gasteiger partial charge >= 0.3 is 7.12 Å². The van der Waals surface area contributed by atoms with E-state index in [-0.39, 0.29) is 17.1 Å². The smallest absolute Gasteiger partial charge is 0.402 e. The van der Waals surface area contributed by atoms with Crippen LogP contribution in [0.2, 0.25) is 0 Å². The van der Waals surface area contributed by atoms with Gasteiger partial charge in [-0.1, -0.05) is 54.6 Å². The van der Waals surface area contributed by atoms with Crippen molar-refractivity contribution in [2.45, 2.75) is 44.8 Å². The second-order valence-electron chi connectivity index (χ2n) is 8.66. The number of benzene rings is 4. The van der Waals surface area contributed by atoms with Crippen molar-refractivity contribution in [3.8, 4) is 0 Å². The van der Waals surface area contributed by atoms with Crippen LogP contribution in [0.25, 0.3) is 32.3 Å². The Bertz CT molecular complexity index is 1140. The van der Waals surface area contributed by atoms with Gasteiger partial charge in [0.2, 0.25) is 0 Å². The lowest BCUT2D eigenvalue weighted by molar-refractivity contribution is 0.00578. The van der Waals surface area contributed by atoms with Crippen LogP contribution in [0.1, 0.15) is 39.2 Å². The fourth-order valence-electron chi connectivity index (χ4n) is 4.23. The second-order valence-corrected chi connectivity index (χ2v) is 8.66. The van der Waals surface area contributed by atoms with E-state index in [0.29, 0.717) is 0 Å². The molecule has 1 aliphatic rings. The first-order valence-electron chi connectivity index (χ1n) is 9.56. The summed E-state index contributed by atoms with van der Waals surface area (Å²) in [5.41, 5.74) is 6.98. The van der Waals surface area contributed by atoms with Crippen LogP contribution in [0.15, 0.2) is 54.6 Å². The van der Waals surface area contributed by atoms with E-state index in [1.165, 1.54) is 32.3 Å². The van der Waals surface area contributed by atoms with Crippen molar-refractivity contribution in [3.63, 3.8) is 0 Å². The van der Waals surface area contributed by atoms with Gasteiger partial charge in [0.15, 0.2) is 0 Å². The Kier molecular flexibility index (Phi) is 3.43. The van der Waals surface area contributed by atoms with Crippen LogP contribution in [0.3, 0.4) is 0 Å². The summed E-state index contributed by atoms with van der Waals surface area (Å²) in [6.07, 6.45) is 0. The van der Waals surface area contributed by atoms with Crippen molar-refractivity contribution in [2.75, 3.05) is 0 Å². The third kappa shape index (κ3) is 2.34. The van der Waals surface area contributed by atoms with Crippen LogP contribution < -0.4 is 5.73 Å². The summed E-state index contributed by atoms with van der Waals surface area (Å²) in [7, 11) is -0.464. The lowest BCUT2D eigenvalue weighted by atomic mass is 9.73. The summed E-state index contributed by atoms with van der Waals surface area (Å²) in [5, 5.41) is 7.50. The van der Waals surface area contributed by atoms with Gasteiger partial charge in [0, 0.05) is 0 Å². The first-order valence-corrected chi connectivity index (χ1v) is 9.56. The van der Waals surface area contributed by atoms with E-state index >= 15 is 0 Å². The first-order chi connectivity index (χ1) is 12.8. The van der Waals surface area contributed by atoms with E-state index in [4.69, 9.17) is 15.0 Å². The van der Waals surface area contributed by atoms with Crippen molar-refractivity contribution < 1.29 is 9.31 Å². The Morgan fingerprint density at radius 1 is 0.741 bits per heavy atom. The highest BCUT2D eigenvalue weighted by Gasteiger charge is 2.53. The third-order valence-electron chi connectivity index (χ3n) is 6.49. The van der Waals surface area contributed by atoms with Crippen LogP contribution in [-0.2, 0) is 9.31 Å². The molecule has 27 heavy (non-hydrogen) atoms. The minimum absolute atomic E-state index is 0.351. The van der Waals surface area contributed by atoms with Gasteiger partial charge in [-0.3, -0.25) is 0 Å². The molecule has 1 heterocycles. The number of hydrogen-bond acceptors (Lipinski definition) is 3. The maximum absolute atomic E-state index is 6.69. The maximum atomic E-state index is 6.69. The largest absolute Gasteiger partial charge is 0.480 e. The molecule has 4 heteroatoms. The first kappa shape index (κ1) is 17.0. The lowest BCUT2D eigenvalue weighted by Crippen LogP contribution is -2.41. The zero-order chi connectivity index (χ0) is 19.0. The molecule has 0 aliphatic carbocycles. The Morgan fingerprint density at radius 3 is 1.89 bits per heavy atom. The van der Waals surface area contributed by atoms with Crippen LogP contribution in [0, 0.1) is 0 Å². The monoisotopic (exact) mass is 357 g/mol. The predicted molar refractivity (Wildman–Crippen MR) is 113 cm³/mol. The van der Waals surface area contributed by atoms with Crippen molar-refractivity contribution >= 4 is 39.4 Å². The molecule has 2 N–H and O–H groups in total. The molecule has 0 bridgehead atoms. The van der Waals surface area contributed by atoms with Gasteiger partial charge in [-0.2, -0.15) is 0 Å². The molecule has 5 rings (SSSR count). The molecule has 136 valence electrons. The molecule has 1 atom stereocenters. The summed E-state index contributed by atoms with van der Waals surface area (Å²) in [4.78, 5) is 0. The van der Waals surface area contributed by atoms with Crippen LogP contribution in [0.5, 0.6) is 0 Å². The average molecular weight is 357 g/mol. The fourth-order valence-corrected chi connectivity index (χ4v) is 4.23. The van der Waals surface area contributed by atoms with Crippen LogP contribution in [-0.4, -0.2) is 18.3 Å². The molecule has 0 spiro atoms. The molecule has 0 aromatic heterocycles. The topological polar surface area (TPSA) is 44.5 Å². The van der Waals surface area contributed by atoms with Crippen molar-refractivity contribution in [3.05, 3.63) is 60.2 Å². The zero-order valence-corrected chi connectivity index (χ0v) is 16.2. The molecule has 3 nitrogen and oxygen atoms in total. The van der Waals surface area contributed by atoms with Gasteiger partial charge in [0.1, 0.15) is 0 Å². The molecule has 0 unspecified atom stereocenters. The van der Waals surface area contributed by atoms with Gasteiger partial charge in [-0.05, 0) is 65.6 Å². The summed E-state index contributed by atoms with van der Waals surface area (Å²) in [5.74, 6) is -0.351. The number of rotatable bonds is 2. The summed E-state index contributed by atoms with van der Waals surface area (Å²) < 4.78 is 12.4. The Labute approximate surface area is 159 Å². The van der Waals surface area contributed by atoms with E-state index < -0.39 is 7.12 Å². The minimum atomic E-state index is -0.464. The van der Waals surface area contributed by atoms with Gasteiger partial charge in [0.05, 0.1) is 17.1 Å². The molecular weight excluding hydrogens is 333 g/mol. The van der Waals surface area contributed by atoms with E-state index in [2.05, 4.69) is 82.3 Å². The van der Waals surface area contributed by atoms with Gasteiger partial charge in [-0.25, -0.2) is 0 Å². The standard InChI is InChI=1S/C23H24BNO2/c1-22(2)23(3,4)27-24(26-22)21(25)18-13-11-16-9-8-14-6-5-7-15-10-12-17(18)20(16)19(14)15/h5-13,21H,25H2,1-4H3/t21-/m1/s1. The Morgan fingerprint density at radius 2 is 1.26 bits per heavy atom. The van der Waals surface area contributed by atoms with Crippen molar-refractivity contribution in [1.29, 1.82) is 0 Å². The quantitative estimate of drug-likeness (QED) is 0.395. The van der Waals surface area contributed by atoms with Crippen molar-refractivity contribution in [2.24, 2.45) is 5.73 Å². The molecule has 1 aliphatic heterocycles. The Hall–Kier alpha value is -2.14. The fraction of sp³-hybridized carbons (Fsp3) is 0.304. The zero-order valence-electron chi connectivity index (χ0n) is 16.2. The molecule has 4 aromatic rings. The molecule has 0 amide bonds. The van der Waals surface area contributed by atoms with Crippen molar-refractivity contribution in [1.82, 2.24) is 0 Å². The number of hydrogen-bond donors (Lipinski definition) is 1. The molecule has 1 saturated heterocycles. The van der Waals surface area contributed by atoms with E-state index in [9.17, 15) is 0 Å². The summed E-state index contributed by atoms with van der Waals surface area (Å²) in [6, 6.07) is 19.5. The molecular formula is C23H24BNO2. The van der Waals surface area contributed by atoms with Gasteiger partial charge in [0.25, 0.3) is 0 Å². The highest BCUT2D eigenvalue weighted by atomic mass is 16.7. The summed E-state index contributed by atoms with van der Waals surface area (Å²) >= 11 is 0. The average Bonchev–Trinajstić information content (AvgIpc) is 2.86. The summed E-state index contributed by atoms with van der Waals surface area (Å²) in [6.45, 7) is 8.24. The van der Waals surface area contributed by atoms with E-state index in [0.717, 1.165) is 5.56 Å². The second kappa shape index (κ2) is 5.45. The Balaban J connectivity index is 1.70. The van der Waals surface area contributed by atoms with E-state index in [1.807, 2.05) is 0 Å². The van der Waals surface area contributed by atoms with Crippen LogP contribution >= 0.6 is 0 Å². The highest BCUT2D eigenvalue weighted by Crippen LogP contribution is 2.42. The van der Waals surface area contributed by atoms with Crippen LogP contribution in [0.4, 0.5) is 0 Å². The normalized spacial score (nSPS) is 20.1. The maximum Gasteiger partial charge on any atom is 0.480 e. The minimum Gasteiger partial charge on any atom is -0.402 e. The number of nitrogens with two attached hydrogens (primary N) is 1. The SMILES string of the molecule is CC1(C)OB([C@H](N)c2ccc3ccc4cccc5ccc2c3c45)OC1(C)C. The van der Waals surface area contributed by atoms with Gasteiger partial charge in [-0.15, -0.1) is 0 Å². The van der Waals surface area contributed by atoms with E-state index in [1.54, 1.807) is 0 Å². The molecule has 4 aromatic carbocycles. The molecule has 1 fully saturated rings. The lowest BCUT2D eigenvalue weighted by Gasteiger charge is -2.32. The van der Waals surface area contributed by atoms with Gasteiger partial charge < -0.3 is 15.0 Å². The predicted octanol–water partition coefficient (Wildman–Crippen LogP) is 5.22. The third-order valence-corrected chi connectivity index (χ3v) is 6.49. The molecule has 0 radical (unpaired) electrons. The highest BCUT2D eigenvalue weighted by molar-refractivity contribution is 6.48.